The topological polar surface area (TPSA) is 41.7 Å². The third-order valence-corrected chi connectivity index (χ3v) is 5.66. The van der Waals surface area contributed by atoms with Crippen molar-refractivity contribution in [3.63, 3.8) is 0 Å². The van der Waals surface area contributed by atoms with Gasteiger partial charge >= 0.3 is 5.97 Å². The van der Waals surface area contributed by atoms with Gasteiger partial charge < -0.3 is 9.51 Å². The quantitative estimate of drug-likeness (QED) is 0.750. The summed E-state index contributed by atoms with van der Waals surface area (Å²) < 4.78 is 2.08. The van der Waals surface area contributed by atoms with Crippen LogP contribution in [0.4, 0.5) is 0 Å². The Morgan fingerprint density at radius 3 is 2.77 bits per heavy atom. The van der Waals surface area contributed by atoms with E-state index in [4.69, 9.17) is 0 Å². The van der Waals surface area contributed by atoms with Crippen LogP contribution in [0.5, 0.6) is 0 Å². The highest BCUT2D eigenvalue weighted by molar-refractivity contribution is 7.99. The monoisotopic (exact) mass is 363 g/mol. The number of hydrogen-bond donors (Lipinski definition) is 1. The lowest BCUT2D eigenvalue weighted by Gasteiger charge is -2.06. The molecule has 0 radical (unpaired) electrons. The second-order valence-electron chi connectivity index (χ2n) is 5.99. The molecule has 3 rings (SSSR count). The molecule has 0 unspecified atom stereocenters. The number of carbonyl (C=O) groups is 1. The molecular formula is C22H21NO2S. The second kappa shape index (κ2) is 7.67. The van der Waals surface area contributed by atoms with Gasteiger partial charge in [-0.05, 0) is 53.6 Å². The molecule has 0 aliphatic heterocycles. The first kappa shape index (κ1) is 18.1. The summed E-state index contributed by atoms with van der Waals surface area (Å²) in [5, 5.41) is 12.6. The van der Waals surface area contributed by atoms with Gasteiger partial charge in [-0.15, -0.1) is 0 Å². The van der Waals surface area contributed by atoms with Gasteiger partial charge in [-0.25, -0.2) is 0 Å². The second-order valence-corrected chi connectivity index (χ2v) is 7.02. The summed E-state index contributed by atoms with van der Waals surface area (Å²) in [6.07, 6.45) is 7.90. The first-order valence-electron chi connectivity index (χ1n) is 8.43. The maximum Gasteiger partial charge on any atom is 0.307 e. The minimum atomic E-state index is -0.815. The van der Waals surface area contributed by atoms with Crippen LogP contribution in [0.1, 0.15) is 18.1 Å². The fourth-order valence-corrected chi connectivity index (χ4v) is 4.35. The van der Waals surface area contributed by atoms with E-state index in [1.54, 1.807) is 17.8 Å². The molecule has 0 atom stereocenters. The number of nitrogens with zero attached hydrogens (tertiary/aromatic N) is 1. The maximum absolute atomic E-state index is 11.3. The van der Waals surface area contributed by atoms with Crippen molar-refractivity contribution >= 4 is 35.4 Å². The van der Waals surface area contributed by atoms with Crippen LogP contribution < -0.4 is 10.4 Å². The van der Waals surface area contributed by atoms with Crippen LogP contribution in [0.2, 0.25) is 0 Å². The Bertz CT molecular complexity index is 1110. The summed E-state index contributed by atoms with van der Waals surface area (Å²) in [7, 11) is 0. The zero-order valence-electron chi connectivity index (χ0n) is 14.9. The summed E-state index contributed by atoms with van der Waals surface area (Å²) in [6, 6.07) is 12.1. The fraction of sp³-hybridized carbons (Fsp3) is 0.136. The molecule has 0 spiro atoms. The summed E-state index contributed by atoms with van der Waals surface area (Å²) in [5.74, 6) is -0.815. The number of aliphatic carboxylic acids is 1. The summed E-state index contributed by atoms with van der Waals surface area (Å²) in [6.45, 7) is 7.86. The summed E-state index contributed by atoms with van der Waals surface area (Å²) in [5.41, 5.74) is 2.83. The first-order valence-corrected chi connectivity index (χ1v) is 9.24. The number of rotatable bonds is 5. The highest BCUT2D eigenvalue weighted by atomic mass is 32.2. The lowest BCUT2D eigenvalue weighted by Crippen LogP contribution is -2.25. The van der Waals surface area contributed by atoms with Crippen molar-refractivity contribution < 1.29 is 9.90 Å². The van der Waals surface area contributed by atoms with Crippen molar-refractivity contribution in [1.82, 2.24) is 4.40 Å². The van der Waals surface area contributed by atoms with Crippen molar-refractivity contribution in [3.05, 3.63) is 76.8 Å². The fourth-order valence-electron chi connectivity index (χ4n) is 3.17. The van der Waals surface area contributed by atoms with Gasteiger partial charge in [0, 0.05) is 11.1 Å². The Hall–Kier alpha value is -2.72. The number of hydrogen-bond acceptors (Lipinski definition) is 2. The van der Waals surface area contributed by atoms with Crippen LogP contribution >= 0.6 is 11.8 Å². The van der Waals surface area contributed by atoms with Crippen molar-refractivity contribution in [2.45, 2.75) is 30.2 Å². The maximum atomic E-state index is 11.3. The Morgan fingerprint density at radius 2 is 2.08 bits per heavy atom. The molecule has 0 saturated heterocycles. The predicted molar refractivity (Wildman–Crippen MR) is 108 cm³/mol. The predicted octanol–water partition coefficient (Wildman–Crippen LogP) is 3.79. The molecule has 2 aromatic heterocycles. The number of carboxylic acid groups (broad SMARTS) is 1. The Labute approximate surface area is 157 Å². The SMILES string of the molecule is C=C/C=c1/c(Sc2c(C)c(CC(=O)O)c3ccccn23)ccc/c1=C/C. The molecule has 0 amide bonds. The van der Waals surface area contributed by atoms with E-state index in [1.807, 2.05) is 50.4 Å². The first-order chi connectivity index (χ1) is 12.6. The molecule has 132 valence electrons. The minimum absolute atomic E-state index is 0.0221. The lowest BCUT2D eigenvalue weighted by molar-refractivity contribution is -0.136. The van der Waals surface area contributed by atoms with E-state index in [9.17, 15) is 9.90 Å². The van der Waals surface area contributed by atoms with Crippen molar-refractivity contribution in [2.75, 3.05) is 0 Å². The number of allylic oxidation sites excluding steroid dienone is 1. The molecule has 0 aliphatic carbocycles. The minimum Gasteiger partial charge on any atom is -0.481 e. The highest BCUT2D eigenvalue weighted by Gasteiger charge is 2.18. The highest BCUT2D eigenvalue weighted by Crippen LogP contribution is 2.34. The molecule has 4 heteroatoms. The van der Waals surface area contributed by atoms with Gasteiger partial charge in [-0.1, -0.05) is 54.8 Å². The Balaban J connectivity index is 2.23. The number of fused-ring (bicyclic) bond motifs is 1. The van der Waals surface area contributed by atoms with Gasteiger partial charge in [-0.2, -0.15) is 0 Å². The third-order valence-electron chi connectivity index (χ3n) is 4.39. The molecule has 3 aromatic rings. The summed E-state index contributed by atoms with van der Waals surface area (Å²) >= 11 is 1.66. The number of pyridine rings is 1. The molecular weight excluding hydrogens is 342 g/mol. The zero-order valence-corrected chi connectivity index (χ0v) is 15.7. The molecule has 0 fully saturated rings. The van der Waals surface area contributed by atoms with Gasteiger partial charge in [-0.3, -0.25) is 4.79 Å². The molecule has 0 bridgehead atoms. The summed E-state index contributed by atoms with van der Waals surface area (Å²) in [4.78, 5) is 12.4. The zero-order chi connectivity index (χ0) is 18.7. The van der Waals surface area contributed by atoms with Crippen LogP contribution in [0.25, 0.3) is 17.7 Å². The van der Waals surface area contributed by atoms with E-state index in [0.717, 1.165) is 37.0 Å². The van der Waals surface area contributed by atoms with Gasteiger partial charge in [0.2, 0.25) is 0 Å². The molecule has 0 saturated carbocycles. The van der Waals surface area contributed by atoms with E-state index in [-0.39, 0.29) is 6.42 Å². The third kappa shape index (κ3) is 3.33. The van der Waals surface area contributed by atoms with Crippen molar-refractivity contribution in [2.24, 2.45) is 0 Å². The number of benzene rings is 1. The standard InChI is InChI=1S/C22H21NO2S/c1-4-9-17-16(5-2)10-8-12-20(17)26-22-15(3)18(14-21(24)25)19-11-6-7-13-23(19)22/h4-13H,1,14H2,2-3H3,(H,24,25)/b16-5-,17-9+. The smallest absolute Gasteiger partial charge is 0.307 e. The average molecular weight is 363 g/mol. The van der Waals surface area contributed by atoms with Crippen molar-refractivity contribution in [3.8, 4) is 0 Å². The van der Waals surface area contributed by atoms with Gasteiger partial charge in [0.05, 0.1) is 17.0 Å². The molecule has 0 aliphatic rings. The van der Waals surface area contributed by atoms with Gasteiger partial charge in [0.15, 0.2) is 0 Å². The molecule has 26 heavy (non-hydrogen) atoms. The number of carboxylic acids is 1. The van der Waals surface area contributed by atoms with E-state index >= 15 is 0 Å². The van der Waals surface area contributed by atoms with Crippen LogP contribution in [0.15, 0.2) is 65.2 Å². The van der Waals surface area contributed by atoms with Gasteiger partial charge in [0.25, 0.3) is 0 Å². The van der Waals surface area contributed by atoms with E-state index in [2.05, 4.69) is 29.2 Å². The normalized spacial score (nSPS) is 12.7. The van der Waals surface area contributed by atoms with Crippen LogP contribution in [0, 0.1) is 6.92 Å². The van der Waals surface area contributed by atoms with Crippen LogP contribution in [-0.4, -0.2) is 15.5 Å². The van der Waals surface area contributed by atoms with Crippen LogP contribution in [-0.2, 0) is 11.2 Å². The van der Waals surface area contributed by atoms with E-state index in [1.165, 1.54) is 0 Å². The largest absolute Gasteiger partial charge is 0.481 e. The Kier molecular flexibility index (Phi) is 5.33. The van der Waals surface area contributed by atoms with E-state index < -0.39 is 5.97 Å². The molecule has 2 heterocycles. The molecule has 1 aromatic carbocycles. The molecule has 3 nitrogen and oxygen atoms in total. The van der Waals surface area contributed by atoms with Crippen LogP contribution in [0.3, 0.4) is 0 Å². The van der Waals surface area contributed by atoms with E-state index in [0.29, 0.717) is 0 Å². The Morgan fingerprint density at radius 1 is 1.27 bits per heavy atom. The lowest BCUT2D eigenvalue weighted by atomic mass is 10.1. The average Bonchev–Trinajstić information content (AvgIpc) is 2.89. The van der Waals surface area contributed by atoms with Crippen molar-refractivity contribution in [1.29, 1.82) is 0 Å². The van der Waals surface area contributed by atoms with Gasteiger partial charge in [0.1, 0.15) is 0 Å². The number of aromatic nitrogens is 1. The molecule has 1 N–H and O–H groups in total.